The van der Waals surface area contributed by atoms with Crippen molar-refractivity contribution in [1.29, 1.82) is 0 Å². The van der Waals surface area contributed by atoms with E-state index in [1.165, 1.54) is 0 Å². The summed E-state index contributed by atoms with van der Waals surface area (Å²) in [4.78, 5) is 42.4. The number of aliphatic hydroxyl groups excluding tert-OH is 1. The van der Waals surface area contributed by atoms with Crippen LogP contribution in [0.15, 0.2) is 18.2 Å². The van der Waals surface area contributed by atoms with Gasteiger partial charge in [0.15, 0.2) is 5.75 Å². The zero-order valence-corrected chi connectivity index (χ0v) is 22.0. The van der Waals surface area contributed by atoms with Gasteiger partial charge in [-0.25, -0.2) is 4.79 Å². The highest BCUT2D eigenvalue weighted by Crippen LogP contribution is 2.35. The van der Waals surface area contributed by atoms with E-state index in [2.05, 4.69) is 10.6 Å². The number of benzene rings is 1. The fourth-order valence-electron chi connectivity index (χ4n) is 4.46. The lowest BCUT2D eigenvalue weighted by molar-refractivity contribution is -0.122. The average Bonchev–Trinajstić information content (AvgIpc) is 2.86. The fourth-order valence-corrected chi connectivity index (χ4v) is 4.46. The minimum absolute atomic E-state index is 0.0122. The van der Waals surface area contributed by atoms with Crippen molar-refractivity contribution in [2.45, 2.75) is 58.7 Å². The normalized spacial score (nSPS) is 21.6. The number of rotatable bonds is 7. The standard InChI is InChI=1S/C26H40N4O6/c1-16(2)27-26(34)29(5)14-22-17(3)13-30(18(4)15-31)25(33)20-7-6-8-21(23(20)36-22)28-24(32)19-9-11-35-12-10-19/h6-8,16-19,22,31H,9-15H2,1-5H3,(H,27,34)(H,28,32)/t17-,18-,22-/m1/s1. The van der Waals surface area contributed by atoms with Crippen LogP contribution in [0.25, 0.3) is 0 Å². The summed E-state index contributed by atoms with van der Waals surface area (Å²) in [6.07, 6.45) is 0.810. The molecule has 10 nitrogen and oxygen atoms in total. The molecule has 1 aromatic rings. The molecule has 3 N–H and O–H groups in total. The van der Waals surface area contributed by atoms with Crippen molar-refractivity contribution in [3.63, 3.8) is 0 Å². The number of amides is 4. The summed E-state index contributed by atoms with van der Waals surface area (Å²) in [6.45, 7) is 9.05. The highest BCUT2D eigenvalue weighted by Gasteiger charge is 2.35. The van der Waals surface area contributed by atoms with E-state index in [9.17, 15) is 19.5 Å². The van der Waals surface area contributed by atoms with Crippen LogP contribution in [0.2, 0.25) is 0 Å². The Bertz CT molecular complexity index is 933. The van der Waals surface area contributed by atoms with E-state index < -0.39 is 12.1 Å². The molecule has 2 heterocycles. The van der Waals surface area contributed by atoms with Crippen LogP contribution in [0.3, 0.4) is 0 Å². The van der Waals surface area contributed by atoms with Gasteiger partial charge in [-0.1, -0.05) is 13.0 Å². The lowest BCUT2D eigenvalue weighted by atomic mass is 9.98. The number of likely N-dealkylation sites (N-methyl/N-ethyl adjacent to an activating group) is 1. The van der Waals surface area contributed by atoms with Gasteiger partial charge in [-0.15, -0.1) is 0 Å². The number of hydrogen-bond donors (Lipinski definition) is 3. The third-order valence-corrected chi connectivity index (χ3v) is 6.75. The van der Waals surface area contributed by atoms with Crippen molar-refractivity contribution in [2.75, 3.05) is 45.3 Å². The first-order valence-electron chi connectivity index (χ1n) is 12.7. The third-order valence-electron chi connectivity index (χ3n) is 6.75. The molecule has 1 fully saturated rings. The molecule has 3 rings (SSSR count). The van der Waals surface area contributed by atoms with E-state index in [4.69, 9.17) is 9.47 Å². The number of nitrogens with one attached hydrogen (secondary N) is 2. The van der Waals surface area contributed by atoms with Crippen molar-refractivity contribution in [1.82, 2.24) is 15.1 Å². The maximum atomic E-state index is 13.6. The van der Waals surface area contributed by atoms with Gasteiger partial charge in [-0.3, -0.25) is 9.59 Å². The number of anilines is 1. The average molecular weight is 505 g/mol. The number of nitrogens with zero attached hydrogens (tertiary/aromatic N) is 2. The van der Waals surface area contributed by atoms with Crippen LogP contribution < -0.4 is 15.4 Å². The minimum atomic E-state index is -0.464. The van der Waals surface area contributed by atoms with Gasteiger partial charge >= 0.3 is 6.03 Å². The number of para-hydroxylation sites is 1. The van der Waals surface area contributed by atoms with Crippen molar-refractivity contribution in [3.8, 4) is 5.75 Å². The van der Waals surface area contributed by atoms with Crippen LogP contribution in [-0.2, 0) is 9.53 Å². The Morgan fingerprint density at radius 1 is 1.22 bits per heavy atom. The Kier molecular flexibility index (Phi) is 9.56. The largest absolute Gasteiger partial charge is 0.485 e. The lowest BCUT2D eigenvalue weighted by Gasteiger charge is -2.38. The number of aliphatic hydroxyl groups is 1. The van der Waals surface area contributed by atoms with Gasteiger partial charge in [0.25, 0.3) is 5.91 Å². The van der Waals surface area contributed by atoms with Crippen molar-refractivity contribution < 1.29 is 29.0 Å². The summed E-state index contributed by atoms with van der Waals surface area (Å²) in [5.74, 6) is -0.462. The number of hydrogen-bond acceptors (Lipinski definition) is 6. The van der Waals surface area contributed by atoms with E-state index in [1.807, 2.05) is 20.8 Å². The van der Waals surface area contributed by atoms with Crippen molar-refractivity contribution in [2.24, 2.45) is 11.8 Å². The zero-order chi connectivity index (χ0) is 26.4. The maximum absolute atomic E-state index is 13.6. The van der Waals surface area contributed by atoms with Crippen LogP contribution in [-0.4, -0.2) is 90.9 Å². The molecule has 0 bridgehead atoms. The van der Waals surface area contributed by atoms with E-state index in [0.29, 0.717) is 43.9 Å². The summed E-state index contributed by atoms with van der Waals surface area (Å²) in [6, 6.07) is 4.46. The summed E-state index contributed by atoms with van der Waals surface area (Å²) >= 11 is 0. The molecule has 1 aromatic carbocycles. The molecule has 1 saturated heterocycles. The van der Waals surface area contributed by atoms with Gasteiger partial charge in [-0.2, -0.15) is 0 Å². The summed E-state index contributed by atoms with van der Waals surface area (Å²) in [5, 5.41) is 15.7. The molecule has 2 aliphatic heterocycles. The summed E-state index contributed by atoms with van der Waals surface area (Å²) in [7, 11) is 1.70. The van der Waals surface area contributed by atoms with Crippen LogP contribution >= 0.6 is 0 Å². The van der Waals surface area contributed by atoms with E-state index in [0.717, 1.165) is 0 Å². The number of ether oxygens (including phenoxy) is 2. The van der Waals surface area contributed by atoms with Crippen LogP contribution in [0.4, 0.5) is 10.5 Å². The number of carbonyl (C=O) groups excluding carboxylic acids is 3. The molecule has 0 aliphatic carbocycles. The Labute approximate surface area is 213 Å². The summed E-state index contributed by atoms with van der Waals surface area (Å²) in [5.41, 5.74) is 0.730. The Balaban J connectivity index is 1.95. The molecule has 0 aromatic heterocycles. The molecule has 10 heteroatoms. The zero-order valence-electron chi connectivity index (χ0n) is 22.0. The molecule has 200 valence electrons. The molecular formula is C26H40N4O6. The van der Waals surface area contributed by atoms with E-state index in [1.54, 1.807) is 42.0 Å². The molecule has 0 saturated carbocycles. The molecule has 2 aliphatic rings. The second-order valence-corrected chi connectivity index (χ2v) is 10.2. The van der Waals surface area contributed by atoms with E-state index >= 15 is 0 Å². The molecule has 0 spiro atoms. The highest BCUT2D eigenvalue weighted by atomic mass is 16.5. The lowest BCUT2D eigenvalue weighted by Crippen LogP contribution is -2.51. The SMILES string of the molecule is CC(C)NC(=O)N(C)C[C@H]1Oc2c(NC(=O)C3CCOCC3)cccc2C(=O)N([C@H](C)CO)C[C@H]1C. The second kappa shape index (κ2) is 12.4. The number of urea groups is 1. The summed E-state index contributed by atoms with van der Waals surface area (Å²) < 4.78 is 11.8. The minimum Gasteiger partial charge on any atom is -0.485 e. The van der Waals surface area contributed by atoms with Gasteiger partial charge in [0.1, 0.15) is 6.10 Å². The van der Waals surface area contributed by atoms with Crippen molar-refractivity contribution in [3.05, 3.63) is 23.8 Å². The molecular weight excluding hydrogens is 464 g/mol. The highest BCUT2D eigenvalue weighted by molar-refractivity contribution is 6.02. The van der Waals surface area contributed by atoms with Gasteiger partial charge in [0, 0.05) is 44.7 Å². The molecule has 3 atom stereocenters. The van der Waals surface area contributed by atoms with Gasteiger partial charge < -0.3 is 35.0 Å². The topological polar surface area (TPSA) is 120 Å². The number of carbonyl (C=O) groups is 3. The van der Waals surface area contributed by atoms with E-state index in [-0.39, 0.29) is 54.6 Å². The van der Waals surface area contributed by atoms with Gasteiger partial charge in [-0.05, 0) is 45.7 Å². The van der Waals surface area contributed by atoms with Crippen molar-refractivity contribution >= 4 is 23.5 Å². The second-order valence-electron chi connectivity index (χ2n) is 10.2. The fraction of sp³-hybridized carbons (Fsp3) is 0.654. The van der Waals surface area contributed by atoms with Gasteiger partial charge in [0.05, 0.1) is 30.4 Å². The molecule has 0 radical (unpaired) electrons. The number of fused-ring (bicyclic) bond motifs is 1. The third kappa shape index (κ3) is 6.67. The quantitative estimate of drug-likeness (QED) is 0.524. The van der Waals surface area contributed by atoms with Crippen LogP contribution in [0.5, 0.6) is 5.75 Å². The molecule has 36 heavy (non-hydrogen) atoms. The first kappa shape index (κ1) is 27.7. The molecule has 4 amide bonds. The Morgan fingerprint density at radius 2 is 1.92 bits per heavy atom. The predicted octanol–water partition coefficient (Wildman–Crippen LogP) is 2.32. The Hall–Kier alpha value is -2.85. The first-order chi connectivity index (χ1) is 17.1. The van der Waals surface area contributed by atoms with Crippen LogP contribution in [0, 0.1) is 11.8 Å². The Morgan fingerprint density at radius 3 is 2.56 bits per heavy atom. The van der Waals surface area contributed by atoms with Crippen LogP contribution in [0.1, 0.15) is 50.9 Å². The maximum Gasteiger partial charge on any atom is 0.317 e. The monoisotopic (exact) mass is 504 g/mol. The van der Waals surface area contributed by atoms with Gasteiger partial charge in [0.2, 0.25) is 5.91 Å². The first-order valence-corrected chi connectivity index (χ1v) is 12.7. The smallest absolute Gasteiger partial charge is 0.317 e. The molecule has 0 unspecified atom stereocenters. The predicted molar refractivity (Wildman–Crippen MR) is 136 cm³/mol.